The molecule has 1 aromatic heterocycles. The van der Waals surface area contributed by atoms with Crippen molar-refractivity contribution in [1.82, 2.24) is 4.98 Å². The van der Waals surface area contributed by atoms with Gasteiger partial charge in [0.25, 0.3) is 0 Å². The predicted octanol–water partition coefficient (Wildman–Crippen LogP) is 6.81. The third-order valence-electron chi connectivity index (χ3n) is 7.92. The Morgan fingerprint density at radius 2 is 1.83 bits per heavy atom. The van der Waals surface area contributed by atoms with E-state index >= 15 is 0 Å². The van der Waals surface area contributed by atoms with Crippen LogP contribution in [0.25, 0.3) is 11.3 Å². The number of ketones is 1. The Balaban J connectivity index is 1.34. The molecule has 10 heteroatoms. The summed E-state index contributed by atoms with van der Waals surface area (Å²) in [4.78, 5) is 34.6. The summed E-state index contributed by atoms with van der Waals surface area (Å²) in [6.07, 6.45) is 1.57. The number of carbonyl (C=O) groups excluding carboxylic acids is 2. The van der Waals surface area contributed by atoms with Crippen LogP contribution < -0.4 is 20.9 Å². The van der Waals surface area contributed by atoms with Crippen LogP contribution in [0.5, 0.6) is 0 Å². The SMILES string of the molecule is NCCCCCC(=O)CCc1cccc(NC(=O)N2c3nc(-c4cccc(C(F)(F)F)c4)ccc3N3CCC[C@@H]2C3)c1. The highest BCUT2D eigenvalue weighted by molar-refractivity contribution is 6.04. The van der Waals surface area contributed by atoms with Gasteiger partial charge in [0.1, 0.15) is 5.78 Å². The molecule has 3 aromatic rings. The molecular formula is C32H36F3N5O2. The molecule has 1 fully saturated rings. The Morgan fingerprint density at radius 1 is 1.00 bits per heavy atom. The van der Waals surface area contributed by atoms with Crippen molar-refractivity contribution < 1.29 is 22.8 Å². The van der Waals surface area contributed by atoms with E-state index in [-0.39, 0.29) is 17.9 Å². The summed E-state index contributed by atoms with van der Waals surface area (Å²) in [5.41, 5.74) is 7.83. The summed E-state index contributed by atoms with van der Waals surface area (Å²) >= 11 is 0. The standard InChI is InChI=1S/C32H36F3N5O2/c33-32(34,35)24-9-5-8-23(20-24)28-15-16-29-30(38-28)40(26-11-6-18-39(29)21-26)31(42)37-25-10-4-7-22(19-25)13-14-27(41)12-2-1-3-17-36/h4-5,7-10,15-16,19-20,26H,1-3,6,11-14,17-18,21,36H2,(H,37,42)/t26-/m1/s1. The number of nitrogens with zero attached hydrogens (tertiary/aromatic N) is 3. The van der Waals surface area contributed by atoms with Crippen molar-refractivity contribution in [1.29, 1.82) is 0 Å². The summed E-state index contributed by atoms with van der Waals surface area (Å²) < 4.78 is 40.1. The van der Waals surface area contributed by atoms with E-state index < -0.39 is 11.7 Å². The fraction of sp³-hybridized carbons (Fsp3) is 0.406. The Bertz CT molecular complexity index is 1430. The van der Waals surface area contributed by atoms with Gasteiger partial charge in [-0.2, -0.15) is 13.2 Å². The van der Waals surface area contributed by atoms with Crippen molar-refractivity contribution in [2.24, 2.45) is 5.73 Å². The number of aromatic nitrogens is 1. The molecule has 0 spiro atoms. The zero-order valence-corrected chi connectivity index (χ0v) is 23.5. The second-order valence-electron chi connectivity index (χ2n) is 11.0. The Hall–Kier alpha value is -3.92. The average molecular weight is 580 g/mol. The number of alkyl halides is 3. The normalized spacial score (nSPS) is 16.2. The van der Waals surface area contributed by atoms with E-state index in [1.807, 2.05) is 24.3 Å². The van der Waals surface area contributed by atoms with Crippen LogP contribution in [0.15, 0.2) is 60.7 Å². The van der Waals surface area contributed by atoms with Gasteiger partial charge >= 0.3 is 12.2 Å². The second-order valence-corrected chi connectivity index (χ2v) is 11.0. The van der Waals surface area contributed by atoms with E-state index in [2.05, 4.69) is 10.2 Å². The van der Waals surface area contributed by atoms with Crippen LogP contribution in [-0.4, -0.2) is 42.5 Å². The van der Waals surface area contributed by atoms with E-state index in [4.69, 9.17) is 10.7 Å². The first-order valence-corrected chi connectivity index (χ1v) is 14.6. The lowest BCUT2D eigenvalue weighted by Crippen LogP contribution is -2.56. The minimum Gasteiger partial charge on any atom is -0.366 e. The summed E-state index contributed by atoms with van der Waals surface area (Å²) in [7, 11) is 0. The van der Waals surface area contributed by atoms with E-state index in [1.54, 1.807) is 23.1 Å². The number of halogens is 3. The quantitative estimate of drug-likeness (QED) is 0.258. The van der Waals surface area contributed by atoms with Crippen LogP contribution in [0.1, 0.15) is 56.1 Å². The number of nitrogens with one attached hydrogen (secondary N) is 1. The number of urea groups is 1. The lowest BCUT2D eigenvalue weighted by atomic mass is 9.99. The van der Waals surface area contributed by atoms with Gasteiger partial charge in [0.2, 0.25) is 0 Å². The number of anilines is 3. The van der Waals surface area contributed by atoms with E-state index in [0.717, 1.165) is 62.0 Å². The van der Waals surface area contributed by atoms with Gasteiger partial charge in [-0.25, -0.2) is 9.78 Å². The van der Waals surface area contributed by atoms with Gasteiger partial charge in [-0.05, 0) is 80.6 Å². The number of rotatable bonds is 10. The van der Waals surface area contributed by atoms with Crippen molar-refractivity contribution >= 4 is 29.0 Å². The minimum atomic E-state index is -4.47. The van der Waals surface area contributed by atoms with Gasteiger partial charge in [0.15, 0.2) is 5.82 Å². The highest BCUT2D eigenvalue weighted by Gasteiger charge is 2.38. The molecule has 3 N–H and O–H groups in total. The molecule has 0 saturated carbocycles. The molecule has 0 aliphatic carbocycles. The van der Waals surface area contributed by atoms with Crippen molar-refractivity contribution in [2.45, 2.75) is 63.6 Å². The number of fused-ring (bicyclic) bond motifs is 4. The lowest BCUT2D eigenvalue weighted by molar-refractivity contribution is -0.137. The van der Waals surface area contributed by atoms with Gasteiger partial charge in [-0.3, -0.25) is 9.69 Å². The molecular weight excluding hydrogens is 543 g/mol. The summed E-state index contributed by atoms with van der Waals surface area (Å²) in [6.45, 7) is 2.14. The molecule has 2 aromatic carbocycles. The number of pyridine rings is 1. The highest BCUT2D eigenvalue weighted by atomic mass is 19.4. The number of benzene rings is 2. The molecule has 0 unspecified atom stereocenters. The first-order valence-electron chi connectivity index (χ1n) is 14.6. The van der Waals surface area contributed by atoms with Crippen LogP contribution in [0.2, 0.25) is 0 Å². The maximum absolute atomic E-state index is 13.8. The summed E-state index contributed by atoms with van der Waals surface area (Å²) in [5.74, 6) is 0.658. The first-order chi connectivity index (χ1) is 20.2. The van der Waals surface area contributed by atoms with Crippen molar-refractivity contribution in [2.75, 3.05) is 34.8 Å². The number of Topliss-reactive ketones (excluding diaryl/α,β-unsaturated/α-hetero) is 1. The lowest BCUT2D eigenvalue weighted by Gasteiger charge is -2.45. The average Bonchev–Trinajstić information content (AvgIpc) is 2.98. The summed E-state index contributed by atoms with van der Waals surface area (Å²) in [5, 5.41) is 3.00. The van der Waals surface area contributed by atoms with E-state index in [0.29, 0.717) is 55.1 Å². The number of nitrogens with two attached hydrogens (primary N) is 1. The third-order valence-corrected chi connectivity index (χ3v) is 7.92. The third kappa shape index (κ3) is 6.92. The number of unbranched alkanes of at least 4 members (excludes halogenated alkanes) is 2. The number of piperidine rings is 1. The van der Waals surface area contributed by atoms with E-state index in [1.165, 1.54) is 6.07 Å². The van der Waals surface area contributed by atoms with Gasteiger partial charge in [-0.1, -0.05) is 30.7 Å². The largest absolute Gasteiger partial charge is 0.416 e. The second kappa shape index (κ2) is 12.9. The number of aryl methyl sites for hydroxylation is 1. The molecule has 1 atom stereocenters. The Kier molecular flexibility index (Phi) is 9.11. The molecule has 2 aliphatic heterocycles. The molecule has 1 saturated heterocycles. The highest BCUT2D eigenvalue weighted by Crippen LogP contribution is 2.40. The molecule has 2 bridgehead atoms. The molecule has 2 amide bonds. The van der Waals surface area contributed by atoms with Crippen LogP contribution in [0, 0.1) is 0 Å². The van der Waals surface area contributed by atoms with Gasteiger partial charge in [0.05, 0.1) is 23.0 Å². The van der Waals surface area contributed by atoms with E-state index in [9.17, 15) is 22.8 Å². The molecule has 0 radical (unpaired) electrons. The maximum atomic E-state index is 13.8. The molecule has 2 aliphatic rings. The van der Waals surface area contributed by atoms with Gasteiger partial charge < -0.3 is 16.0 Å². The fourth-order valence-corrected chi connectivity index (χ4v) is 5.74. The number of hydrogen-bond acceptors (Lipinski definition) is 5. The maximum Gasteiger partial charge on any atom is 0.416 e. The van der Waals surface area contributed by atoms with Crippen molar-refractivity contribution in [3.8, 4) is 11.3 Å². The topological polar surface area (TPSA) is 91.6 Å². The molecule has 5 rings (SSSR count). The molecule has 3 heterocycles. The van der Waals surface area contributed by atoms with Gasteiger partial charge in [-0.15, -0.1) is 0 Å². The predicted molar refractivity (Wildman–Crippen MR) is 159 cm³/mol. The summed E-state index contributed by atoms with van der Waals surface area (Å²) in [6, 6.07) is 15.6. The van der Waals surface area contributed by atoms with Crippen LogP contribution in [0.3, 0.4) is 0 Å². The fourth-order valence-electron chi connectivity index (χ4n) is 5.74. The van der Waals surface area contributed by atoms with Crippen LogP contribution in [0.4, 0.5) is 35.2 Å². The number of hydrogen-bond donors (Lipinski definition) is 2. The number of amides is 2. The molecule has 222 valence electrons. The zero-order valence-electron chi connectivity index (χ0n) is 23.5. The first kappa shape index (κ1) is 29.6. The molecule has 7 nitrogen and oxygen atoms in total. The zero-order chi connectivity index (χ0) is 29.7. The van der Waals surface area contributed by atoms with Crippen LogP contribution in [-0.2, 0) is 17.4 Å². The Morgan fingerprint density at radius 3 is 2.64 bits per heavy atom. The van der Waals surface area contributed by atoms with Crippen molar-refractivity contribution in [3.63, 3.8) is 0 Å². The number of carbonyl (C=O) groups is 2. The smallest absolute Gasteiger partial charge is 0.366 e. The minimum absolute atomic E-state index is 0.115. The van der Waals surface area contributed by atoms with Gasteiger partial charge in [0, 0.05) is 37.2 Å². The van der Waals surface area contributed by atoms with Crippen molar-refractivity contribution in [3.05, 3.63) is 71.8 Å². The monoisotopic (exact) mass is 579 g/mol. The Labute approximate surface area is 243 Å². The van der Waals surface area contributed by atoms with Crippen LogP contribution >= 0.6 is 0 Å². The molecule has 42 heavy (non-hydrogen) atoms.